The van der Waals surface area contributed by atoms with Gasteiger partial charge in [-0.05, 0) is 25.1 Å². The van der Waals surface area contributed by atoms with Crippen LogP contribution in [0.4, 0.5) is 0 Å². The van der Waals surface area contributed by atoms with Crippen molar-refractivity contribution < 1.29 is 10.2 Å². The number of H-pyrrole nitrogens is 1. The maximum Gasteiger partial charge on any atom is 0.120 e. The maximum atomic E-state index is 9.72. The van der Waals surface area contributed by atoms with Crippen molar-refractivity contribution in [3.8, 4) is 11.5 Å². The number of hydrogen-bond acceptors (Lipinski definition) is 4. The molecule has 4 N–H and O–H groups in total. The highest BCUT2D eigenvalue weighted by molar-refractivity contribution is 5.40. The summed E-state index contributed by atoms with van der Waals surface area (Å²) in [5.74, 6) is 0.347. The Balaban J connectivity index is 1.91. The zero-order valence-electron chi connectivity index (χ0n) is 10.2. The van der Waals surface area contributed by atoms with Crippen LogP contribution in [0.1, 0.15) is 24.2 Å². The molecule has 0 aliphatic carbocycles. The van der Waals surface area contributed by atoms with E-state index in [-0.39, 0.29) is 17.5 Å². The van der Waals surface area contributed by atoms with Crippen molar-refractivity contribution in [2.24, 2.45) is 0 Å². The minimum atomic E-state index is -0.0278. The van der Waals surface area contributed by atoms with Crippen LogP contribution in [0.3, 0.4) is 0 Å². The summed E-state index contributed by atoms with van der Waals surface area (Å²) in [4.78, 5) is 6.98. The summed E-state index contributed by atoms with van der Waals surface area (Å²) < 4.78 is 0. The monoisotopic (exact) mass is 247 g/mol. The Bertz CT molecular complexity index is 497. The van der Waals surface area contributed by atoms with E-state index in [1.807, 2.05) is 6.92 Å². The SMILES string of the molecule is CC(NCCc1cnc[nH]1)c1cc(O)ccc1O. The summed E-state index contributed by atoms with van der Waals surface area (Å²) in [6.45, 7) is 2.71. The molecule has 0 amide bonds. The summed E-state index contributed by atoms with van der Waals surface area (Å²) in [6, 6.07) is 4.51. The van der Waals surface area contributed by atoms with Crippen molar-refractivity contribution in [2.75, 3.05) is 6.54 Å². The van der Waals surface area contributed by atoms with Crippen molar-refractivity contribution in [1.29, 1.82) is 0 Å². The first kappa shape index (κ1) is 12.4. The second kappa shape index (κ2) is 5.55. The number of phenols is 2. The third-order valence-electron chi connectivity index (χ3n) is 2.88. The van der Waals surface area contributed by atoms with E-state index in [2.05, 4.69) is 15.3 Å². The van der Waals surface area contributed by atoms with Crippen LogP contribution in [0, 0.1) is 0 Å². The largest absolute Gasteiger partial charge is 0.508 e. The van der Waals surface area contributed by atoms with Gasteiger partial charge in [-0.15, -0.1) is 0 Å². The van der Waals surface area contributed by atoms with Gasteiger partial charge in [0.15, 0.2) is 0 Å². The average Bonchev–Trinajstić information content (AvgIpc) is 2.85. The molecule has 1 atom stereocenters. The topological polar surface area (TPSA) is 81.2 Å². The zero-order chi connectivity index (χ0) is 13.0. The molecule has 2 rings (SSSR count). The lowest BCUT2D eigenvalue weighted by atomic mass is 10.1. The molecule has 0 radical (unpaired) electrons. The van der Waals surface area contributed by atoms with Crippen LogP contribution in [0.5, 0.6) is 11.5 Å². The van der Waals surface area contributed by atoms with Crippen LogP contribution in [-0.4, -0.2) is 26.7 Å². The first-order valence-corrected chi connectivity index (χ1v) is 5.89. The molecule has 0 saturated heterocycles. The highest BCUT2D eigenvalue weighted by Crippen LogP contribution is 2.27. The van der Waals surface area contributed by atoms with E-state index in [9.17, 15) is 10.2 Å². The quantitative estimate of drug-likeness (QED) is 0.606. The predicted molar refractivity (Wildman–Crippen MR) is 68.5 cm³/mol. The molecular weight excluding hydrogens is 230 g/mol. The molecule has 96 valence electrons. The van der Waals surface area contributed by atoms with E-state index in [1.165, 1.54) is 12.1 Å². The molecule has 1 aromatic carbocycles. The van der Waals surface area contributed by atoms with Gasteiger partial charge in [-0.3, -0.25) is 0 Å². The second-order valence-corrected chi connectivity index (χ2v) is 4.25. The lowest BCUT2D eigenvalue weighted by Crippen LogP contribution is -2.21. The molecule has 1 unspecified atom stereocenters. The molecule has 0 aliphatic rings. The number of nitrogens with one attached hydrogen (secondary N) is 2. The molecule has 5 nitrogen and oxygen atoms in total. The molecule has 0 saturated carbocycles. The van der Waals surface area contributed by atoms with Crippen molar-refractivity contribution in [3.63, 3.8) is 0 Å². The van der Waals surface area contributed by atoms with E-state index < -0.39 is 0 Å². The van der Waals surface area contributed by atoms with E-state index in [1.54, 1.807) is 18.6 Å². The Morgan fingerprint density at radius 1 is 1.39 bits per heavy atom. The van der Waals surface area contributed by atoms with Gasteiger partial charge in [0, 0.05) is 36.5 Å². The average molecular weight is 247 g/mol. The summed E-state index contributed by atoms with van der Waals surface area (Å²) in [5, 5.41) is 22.4. The summed E-state index contributed by atoms with van der Waals surface area (Å²) >= 11 is 0. The van der Waals surface area contributed by atoms with E-state index in [0.717, 1.165) is 18.7 Å². The molecular formula is C13H17N3O2. The molecule has 5 heteroatoms. The first-order chi connectivity index (χ1) is 8.66. The van der Waals surface area contributed by atoms with E-state index in [0.29, 0.717) is 5.56 Å². The van der Waals surface area contributed by atoms with Crippen LogP contribution < -0.4 is 5.32 Å². The first-order valence-electron chi connectivity index (χ1n) is 5.89. The lowest BCUT2D eigenvalue weighted by Gasteiger charge is -2.15. The molecule has 2 aromatic rings. The van der Waals surface area contributed by atoms with Gasteiger partial charge >= 0.3 is 0 Å². The van der Waals surface area contributed by atoms with Gasteiger partial charge in [0.25, 0.3) is 0 Å². The fourth-order valence-corrected chi connectivity index (χ4v) is 1.84. The number of nitrogens with zero attached hydrogens (tertiary/aromatic N) is 1. The minimum absolute atomic E-state index is 0.0278. The van der Waals surface area contributed by atoms with Crippen LogP contribution in [0.15, 0.2) is 30.7 Å². The summed E-state index contributed by atoms with van der Waals surface area (Å²) in [7, 11) is 0. The van der Waals surface area contributed by atoms with Gasteiger partial charge in [-0.2, -0.15) is 0 Å². The number of hydrogen-bond donors (Lipinski definition) is 4. The number of aromatic hydroxyl groups is 2. The second-order valence-electron chi connectivity index (χ2n) is 4.25. The smallest absolute Gasteiger partial charge is 0.120 e. The number of aromatic nitrogens is 2. The molecule has 0 bridgehead atoms. The fourth-order valence-electron chi connectivity index (χ4n) is 1.84. The third kappa shape index (κ3) is 3.01. The van der Waals surface area contributed by atoms with Gasteiger partial charge < -0.3 is 20.5 Å². The summed E-state index contributed by atoms with van der Waals surface area (Å²) in [6.07, 6.45) is 4.28. The van der Waals surface area contributed by atoms with Crippen LogP contribution >= 0.6 is 0 Å². The van der Waals surface area contributed by atoms with Gasteiger partial charge in [0.2, 0.25) is 0 Å². The Morgan fingerprint density at radius 3 is 2.94 bits per heavy atom. The lowest BCUT2D eigenvalue weighted by molar-refractivity contribution is 0.441. The molecule has 1 aromatic heterocycles. The standard InChI is InChI=1S/C13H17N3O2/c1-9(12-6-11(17)2-3-13(12)18)15-5-4-10-7-14-8-16-10/h2-3,6-9,15,17-18H,4-5H2,1H3,(H,14,16). The Morgan fingerprint density at radius 2 is 2.22 bits per heavy atom. The Labute approximate surface area is 106 Å². The molecule has 18 heavy (non-hydrogen) atoms. The number of aromatic amines is 1. The maximum absolute atomic E-state index is 9.72. The van der Waals surface area contributed by atoms with Crippen molar-refractivity contribution in [2.45, 2.75) is 19.4 Å². The minimum Gasteiger partial charge on any atom is -0.508 e. The van der Waals surface area contributed by atoms with Gasteiger partial charge in [-0.1, -0.05) is 0 Å². The molecule has 1 heterocycles. The number of benzene rings is 1. The van der Waals surface area contributed by atoms with Crippen LogP contribution in [0.2, 0.25) is 0 Å². The van der Waals surface area contributed by atoms with Crippen LogP contribution in [-0.2, 0) is 6.42 Å². The molecule has 0 fully saturated rings. The summed E-state index contributed by atoms with van der Waals surface area (Å²) in [5.41, 5.74) is 1.76. The van der Waals surface area contributed by atoms with Crippen molar-refractivity contribution in [1.82, 2.24) is 15.3 Å². The van der Waals surface area contributed by atoms with Gasteiger partial charge in [0.1, 0.15) is 11.5 Å². The Hall–Kier alpha value is -2.01. The highest BCUT2D eigenvalue weighted by atomic mass is 16.3. The zero-order valence-corrected chi connectivity index (χ0v) is 10.2. The third-order valence-corrected chi connectivity index (χ3v) is 2.88. The van der Waals surface area contributed by atoms with E-state index >= 15 is 0 Å². The number of rotatable bonds is 5. The fraction of sp³-hybridized carbons (Fsp3) is 0.308. The normalized spacial score (nSPS) is 12.5. The van der Waals surface area contributed by atoms with Crippen LogP contribution in [0.25, 0.3) is 0 Å². The molecule has 0 spiro atoms. The van der Waals surface area contributed by atoms with Crippen molar-refractivity contribution in [3.05, 3.63) is 42.0 Å². The van der Waals surface area contributed by atoms with Gasteiger partial charge in [-0.25, -0.2) is 4.98 Å². The van der Waals surface area contributed by atoms with Gasteiger partial charge in [0.05, 0.1) is 6.33 Å². The number of phenolic OH excluding ortho intramolecular Hbond substituents is 2. The Kier molecular flexibility index (Phi) is 3.84. The predicted octanol–water partition coefficient (Wildman–Crippen LogP) is 1.71. The highest BCUT2D eigenvalue weighted by Gasteiger charge is 2.10. The van der Waals surface area contributed by atoms with E-state index in [4.69, 9.17) is 0 Å². The van der Waals surface area contributed by atoms with Crippen molar-refractivity contribution >= 4 is 0 Å². The molecule has 0 aliphatic heterocycles. The number of imidazole rings is 1.